The van der Waals surface area contributed by atoms with Gasteiger partial charge in [-0.05, 0) is 43.0 Å². The summed E-state index contributed by atoms with van der Waals surface area (Å²) in [4.78, 5) is 0. The lowest BCUT2D eigenvalue weighted by molar-refractivity contribution is 0.522. The highest BCUT2D eigenvalue weighted by molar-refractivity contribution is 5.40. The van der Waals surface area contributed by atoms with Crippen LogP contribution in [-0.4, -0.2) is 13.1 Å². The SMILES string of the molecule is CCCCNCC(CCCC)c1ccc(N)cc1. The fourth-order valence-corrected chi connectivity index (χ4v) is 2.18. The summed E-state index contributed by atoms with van der Waals surface area (Å²) < 4.78 is 0. The van der Waals surface area contributed by atoms with E-state index in [2.05, 4.69) is 31.3 Å². The number of rotatable bonds is 9. The zero-order valence-electron chi connectivity index (χ0n) is 11.9. The lowest BCUT2D eigenvalue weighted by Gasteiger charge is -2.18. The van der Waals surface area contributed by atoms with Gasteiger partial charge in [-0.1, -0.05) is 45.2 Å². The Morgan fingerprint density at radius 1 is 1.06 bits per heavy atom. The van der Waals surface area contributed by atoms with E-state index in [1.54, 1.807) is 0 Å². The van der Waals surface area contributed by atoms with Gasteiger partial charge in [-0.15, -0.1) is 0 Å². The molecule has 2 nitrogen and oxygen atoms in total. The number of nitrogen functional groups attached to an aromatic ring is 1. The van der Waals surface area contributed by atoms with Gasteiger partial charge in [0.25, 0.3) is 0 Å². The maximum Gasteiger partial charge on any atom is 0.0314 e. The summed E-state index contributed by atoms with van der Waals surface area (Å²) in [6.07, 6.45) is 6.35. The van der Waals surface area contributed by atoms with E-state index in [-0.39, 0.29) is 0 Å². The molecule has 2 heteroatoms. The Balaban J connectivity index is 2.51. The van der Waals surface area contributed by atoms with E-state index < -0.39 is 0 Å². The second-order valence-electron chi connectivity index (χ2n) is 5.06. The second kappa shape index (κ2) is 8.98. The quantitative estimate of drug-likeness (QED) is 0.513. The summed E-state index contributed by atoms with van der Waals surface area (Å²) >= 11 is 0. The second-order valence-corrected chi connectivity index (χ2v) is 5.06. The molecular formula is C16H28N2. The molecule has 1 unspecified atom stereocenters. The molecule has 1 aromatic rings. The van der Waals surface area contributed by atoms with Crippen molar-refractivity contribution < 1.29 is 0 Å². The first-order valence-corrected chi connectivity index (χ1v) is 7.34. The Morgan fingerprint density at radius 3 is 2.33 bits per heavy atom. The van der Waals surface area contributed by atoms with Crippen LogP contribution in [0.3, 0.4) is 0 Å². The van der Waals surface area contributed by atoms with E-state index in [9.17, 15) is 0 Å². The van der Waals surface area contributed by atoms with Gasteiger partial charge in [-0.2, -0.15) is 0 Å². The van der Waals surface area contributed by atoms with Gasteiger partial charge in [0.05, 0.1) is 0 Å². The van der Waals surface area contributed by atoms with Crippen molar-refractivity contribution in [3.63, 3.8) is 0 Å². The minimum absolute atomic E-state index is 0.627. The van der Waals surface area contributed by atoms with E-state index in [0.717, 1.165) is 18.8 Å². The van der Waals surface area contributed by atoms with Gasteiger partial charge in [-0.3, -0.25) is 0 Å². The van der Waals surface area contributed by atoms with E-state index in [1.807, 2.05) is 12.1 Å². The lowest BCUT2D eigenvalue weighted by Crippen LogP contribution is -2.22. The molecule has 0 aliphatic rings. The molecule has 1 atom stereocenters. The van der Waals surface area contributed by atoms with Gasteiger partial charge in [-0.25, -0.2) is 0 Å². The summed E-state index contributed by atoms with van der Waals surface area (Å²) in [6, 6.07) is 8.38. The molecule has 0 spiro atoms. The van der Waals surface area contributed by atoms with Crippen molar-refractivity contribution in [2.24, 2.45) is 0 Å². The fourth-order valence-electron chi connectivity index (χ4n) is 2.18. The normalized spacial score (nSPS) is 12.6. The maximum atomic E-state index is 5.75. The van der Waals surface area contributed by atoms with Crippen molar-refractivity contribution in [3.8, 4) is 0 Å². The van der Waals surface area contributed by atoms with Crippen molar-refractivity contribution in [1.82, 2.24) is 5.32 Å². The predicted molar refractivity (Wildman–Crippen MR) is 80.9 cm³/mol. The van der Waals surface area contributed by atoms with E-state index in [1.165, 1.54) is 37.7 Å². The zero-order valence-corrected chi connectivity index (χ0v) is 11.9. The standard InChI is InChI=1S/C16H28N2/c1-3-5-7-15(13-18-12-6-4-2)14-8-10-16(17)11-9-14/h8-11,15,18H,3-7,12-13,17H2,1-2H3. The third-order valence-electron chi connectivity index (χ3n) is 3.41. The minimum atomic E-state index is 0.627. The van der Waals surface area contributed by atoms with E-state index in [0.29, 0.717) is 5.92 Å². The first-order chi connectivity index (χ1) is 8.77. The number of hydrogen-bond acceptors (Lipinski definition) is 2. The van der Waals surface area contributed by atoms with Crippen molar-refractivity contribution in [1.29, 1.82) is 0 Å². The number of nitrogens with one attached hydrogen (secondary N) is 1. The highest BCUT2D eigenvalue weighted by Gasteiger charge is 2.10. The minimum Gasteiger partial charge on any atom is -0.399 e. The molecule has 0 aromatic heterocycles. The molecule has 0 amide bonds. The summed E-state index contributed by atoms with van der Waals surface area (Å²) in [5.41, 5.74) is 8.02. The number of nitrogens with two attached hydrogens (primary N) is 1. The smallest absolute Gasteiger partial charge is 0.0314 e. The number of anilines is 1. The largest absolute Gasteiger partial charge is 0.399 e. The van der Waals surface area contributed by atoms with Crippen LogP contribution < -0.4 is 11.1 Å². The highest BCUT2D eigenvalue weighted by Crippen LogP contribution is 2.22. The summed E-state index contributed by atoms with van der Waals surface area (Å²) in [6.45, 7) is 6.71. The Bertz CT molecular complexity index is 305. The molecule has 0 fully saturated rings. The van der Waals surface area contributed by atoms with Crippen LogP contribution >= 0.6 is 0 Å². The van der Waals surface area contributed by atoms with Gasteiger partial charge < -0.3 is 11.1 Å². The Hall–Kier alpha value is -1.02. The molecule has 0 saturated heterocycles. The number of hydrogen-bond donors (Lipinski definition) is 2. The van der Waals surface area contributed by atoms with Crippen molar-refractivity contribution in [2.45, 2.75) is 51.9 Å². The maximum absolute atomic E-state index is 5.75. The van der Waals surface area contributed by atoms with Gasteiger partial charge in [0.15, 0.2) is 0 Å². The third-order valence-corrected chi connectivity index (χ3v) is 3.41. The molecule has 0 bridgehead atoms. The van der Waals surface area contributed by atoms with E-state index >= 15 is 0 Å². The van der Waals surface area contributed by atoms with Crippen molar-refractivity contribution in [3.05, 3.63) is 29.8 Å². The average Bonchev–Trinajstić information content (AvgIpc) is 2.39. The topological polar surface area (TPSA) is 38.0 Å². The summed E-state index contributed by atoms with van der Waals surface area (Å²) in [5.74, 6) is 0.627. The molecule has 0 aliphatic heterocycles. The van der Waals surface area contributed by atoms with Crippen LogP contribution in [0.4, 0.5) is 5.69 Å². The van der Waals surface area contributed by atoms with Gasteiger partial charge >= 0.3 is 0 Å². The number of benzene rings is 1. The first-order valence-electron chi connectivity index (χ1n) is 7.34. The summed E-state index contributed by atoms with van der Waals surface area (Å²) in [5, 5.41) is 3.58. The molecule has 0 aliphatic carbocycles. The molecule has 0 saturated carbocycles. The predicted octanol–water partition coefficient (Wildman–Crippen LogP) is 3.93. The van der Waals surface area contributed by atoms with Crippen LogP contribution in [0.2, 0.25) is 0 Å². The van der Waals surface area contributed by atoms with Crippen molar-refractivity contribution >= 4 is 5.69 Å². The van der Waals surface area contributed by atoms with Crippen molar-refractivity contribution in [2.75, 3.05) is 18.8 Å². The van der Waals surface area contributed by atoms with Crippen LogP contribution in [0.15, 0.2) is 24.3 Å². The molecule has 3 N–H and O–H groups in total. The molecule has 1 aromatic carbocycles. The lowest BCUT2D eigenvalue weighted by atomic mass is 9.93. The highest BCUT2D eigenvalue weighted by atomic mass is 14.9. The van der Waals surface area contributed by atoms with Crippen LogP contribution in [0.25, 0.3) is 0 Å². The van der Waals surface area contributed by atoms with Gasteiger partial charge in [0, 0.05) is 12.2 Å². The fraction of sp³-hybridized carbons (Fsp3) is 0.625. The molecule has 1 rings (SSSR count). The average molecular weight is 248 g/mol. The zero-order chi connectivity index (χ0) is 13.2. The van der Waals surface area contributed by atoms with Crippen LogP contribution in [0.5, 0.6) is 0 Å². The molecule has 18 heavy (non-hydrogen) atoms. The summed E-state index contributed by atoms with van der Waals surface area (Å²) in [7, 11) is 0. The Morgan fingerprint density at radius 2 is 1.72 bits per heavy atom. The number of unbranched alkanes of at least 4 members (excludes halogenated alkanes) is 2. The molecule has 102 valence electrons. The van der Waals surface area contributed by atoms with Gasteiger partial charge in [0.1, 0.15) is 0 Å². The third kappa shape index (κ3) is 5.54. The van der Waals surface area contributed by atoms with Crippen LogP contribution in [0, 0.1) is 0 Å². The Kier molecular flexibility index (Phi) is 7.51. The molecule has 0 heterocycles. The molecule has 0 radical (unpaired) electrons. The molecular weight excluding hydrogens is 220 g/mol. The monoisotopic (exact) mass is 248 g/mol. The first kappa shape index (κ1) is 15.0. The van der Waals surface area contributed by atoms with Crippen LogP contribution in [0.1, 0.15) is 57.4 Å². The Labute approximate surface area is 112 Å². The van der Waals surface area contributed by atoms with Gasteiger partial charge in [0.2, 0.25) is 0 Å². The van der Waals surface area contributed by atoms with Crippen LogP contribution in [-0.2, 0) is 0 Å². The van der Waals surface area contributed by atoms with E-state index in [4.69, 9.17) is 5.73 Å².